The Morgan fingerprint density at radius 3 is 1.35 bits per heavy atom. The zero-order valence-electron chi connectivity index (χ0n) is 15.8. The predicted molar refractivity (Wildman–Crippen MR) is 101 cm³/mol. The lowest BCUT2D eigenvalue weighted by Crippen LogP contribution is -2.18. The van der Waals surface area contributed by atoms with Crippen molar-refractivity contribution in [2.75, 3.05) is 6.61 Å². The molecule has 0 heterocycles. The number of unbranched alkanes of at least 4 members (excludes halogenated alkanes) is 2. The van der Waals surface area contributed by atoms with Crippen molar-refractivity contribution >= 4 is 0 Å². The van der Waals surface area contributed by atoms with Gasteiger partial charge in [-0.25, -0.2) is 0 Å². The molecule has 0 bridgehead atoms. The van der Waals surface area contributed by atoms with Gasteiger partial charge in [0.15, 0.2) is 0 Å². The predicted octanol–water partition coefficient (Wildman–Crippen LogP) is 6.73. The Balaban J connectivity index is 1.51. The molecule has 136 valence electrons. The Morgan fingerprint density at radius 2 is 0.957 bits per heavy atom. The maximum absolute atomic E-state index is 8.96. The summed E-state index contributed by atoms with van der Waals surface area (Å²) in [4.78, 5) is 0. The van der Waals surface area contributed by atoms with E-state index in [0.717, 1.165) is 30.1 Å². The molecule has 2 aliphatic rings. The van der Waals surface area contributed by atoms with Crippen LogP contribution < -0.4 is 0 Å². The molecule has 0 aromatic heterocycles. The van der Waals surface area contributed by atoms with Gasteiger partial charge in [-0.15, -0.1) is 0 Å². The van der Waals surface area contributed by atoms with Gasteiger partial charge in [0.25, 0.3) is 0 Å². The lowest BCUT2D eigenvalue weighted by atomic mass is 9.74. The average molecular weight is 323 g/mol. The van der Waals surface area contributed by atoms with Crippen molar-refractivity contribution < 1.29 is 5.11 Å². The molecule has 1 heteroatoms. The first-order chi connectivity index (χ1) is 11.3. The molecule has 2 rings (SSSR count). The fourth-order valence-electron chi connectivity index (χ4n) is 5.15. The molecule has 0 radical (unpaired) electrons. The molecular weight excluding hydrogens is 280 g/mol. The summed E-state index contributed by atoms with van der Waals surface area (Å²) in [6, 6.07) is 0. The van der Waals surface area contributed by atoms with Crippen molar-refractivity contribution in [2.45, 2.75) is 110 Å². The molecule has 0 aromatic rings. The topological polar surface area (TPSA) is 20.2 Å². The zero-order valence-corrected chi connectivity index (χ0v) is 15.8. The largest absolute Gasteiger partial charge is 0.396 e. The molecule has 0 aliphatic heterocycles. The van der Waals surface area contributed by atoms with E-state index in [1.165, 1.54) is 96.3 Å². The van der Waals surface area contributed by atoms with Crippen LogP contribution in [-0.4, -0.2) is 11.7 Å². The molecule has 2 aliphatic carbocycles. The fourth-order valence-corrected chi connectivity index (χ4v) is 5.15. The molecule has 0 saturated heterocycles. The molecule has 0 aromatic carbocycles. The van der Waals surface area contributed by atoms with Crippen LogP contribution in [0.3, 0.4) is 0 Å². The van der Waals surface area contributed by atoms with E-state index >= 15 is 0 Å². The van der Waals surface area contributed by atoms with Gasteiger partial charge in [0.1, 0.15) is 0 Å². The summed E-state index contributed by atoms with van der Waals surface area (Å²) in [7, 11) is 0. The van der Waals surface area contributed by atoms with Crippen molar-refractivity contribution in [1.29, 1.82) is 0 Å². The van der Waals surface area contributed by atoms with Crippen molar-refractivity contribution in [3.05, 3.63) is 0 Å². The Hall–Kier alpha value is -0.0400. The van der Waals surface area contributed by atoms with E-state index in [1.54, 1.807) is 0 Å². The molecule has 2 saturated carbocycles. The first-order valence-corrected chi connectivity index (χ1v) is 10.9. The molecule has 0 unspecified atom stereocenters. The van der Waals surface area contributed by atoms with Crippen LogP contribution in [0.2, 0.25) is 0 Å². The van der Waals surface area contributed by atoms with E-state index in [9.17, 15) is 0 Å². The SMILES string of the molecule is CCCCCC1CCC(CCC2CCC(CCCO)CC2)CC1. The molecule has 0 spiro atoms. The van der Waals surface area contributed by atoms with Crippen molar-refractivity contribution in [1.82, 2.24) is 0 Å². The van der Waals surface area contributed by atoms with Crippen LogP contribution in [-0.2, 0) is 0 Å². The van der Waals surface area contributed by atoms with Gasteiger partial charge >= 0.3 is 0 Å². The average Bonchev–Trinajstić information content (AvgIpc) is 2.60. The summed E-state index contributed by atoms with van der Waals surface area (Å²) < 4.78 is 0. The highest BCUT2D eigenvalue weighted by Gasteiger charge is 2.24. The van der Waals surface area contributed by atoms with E-state index in [0.29, 0.717) is 6.61 Å². The van der Waals surface area contributed by atoms with Crippen LogP contribution in [0.15, 0.2) is 0 Å². The summed E-state index contributed by atoms with van der Waals surface area (Å²) >= 11 is 0. The van der Waals surface area contributed by atoms with Gasteiger partial charge in [-0.3, -0.25) is 0 Å². The highest BCUT2D eigenvalue weighted by atomic mass is 16.2. The summed E-state index contributed by atoms with van der Waals surface area (Å²) in [6.07, 6.45) is 23.1. The van der Waals surface area contributed by atoms with E-state index in [-0.39, 0.29) is 0 Å². The van der Waals surface area contributed by atoms with Crippen LogP contribution in [0, 0.1) is 23.7 Å². The van der Waals surface area contributed by atoms with Crippen LogP contribution in [0.25, 0.3) is 0 Å². The van der Waals surface area contributed by atoms with Gasteiger partial charge in [0.05, 0.1) is 0 Å². The second kappa shape index (κ2) is 11.5. The van der Waals surface area contributed by atoms with Crippen molar-refractivity contribution in [3.8, 4) is 0 Å². The molecule has 2 fully saturated rings. The Morgan fingerprint density at radius 1 is 0.565 bits per heavy atom. The lowest BCUT2D eigenvalue weighted by Gasteiger charge is -2.32. The highest BCUT2D eigenvalue weighted by molar-refractivity contribution is 4.77. The first-order valence-electron chi connectivity index (χ1n) is 10.9. The smallest absolute Gasteiger partial charge is 0.0431 e. The summed E-state index contributed by atoms with van der Waals surface area (Å²) in [6.45, 7) is 2.71. The third kappa shape index (κ3) is 7.59. The standard InChI is InChI=1S/C22H42O/c1-2-3-4-6-19-8-12-21(13-9-19)16-17-22-14-10-20(11-15-22)7-5-18-23/h19-23H,2-18H2,1H3. The van der Waals surface area contributed by atoms with Crippen molar-refractivity contribution in [2.24, 2.45) is 23.7 Å². The van der Waals surface area contributed by atoms with Gasteiger partial charge in [0.2, 0.25) is 0 Å². The van der Waals surface area contributed by atoms with Gasteiger partial charge in [-0.1, -0.05) is 96.8 Å². The zero-order chi connectivity index (χ0) is 16.3. The second-order valence-corrected chi connectivity index (χ2v) is 8.71. The lowest BCUT2D eigenvalue weighted by molar-refractivity contribution is 0.200. The normalized spacial score (nSPS) is 32.1. The number of aliphatic hydroxyl groups is 1. The van der Waals surface area contributed by atoms with Crippen molar-refractivity contribution in [3.63, 3.8) is 0 Å². The van der Waals surface area contributed by atoms with E-state index in [2.05, 4.69) is 6.92 Å². The van der Waals surface area contributed by atoms with Gasteiger partial charge in [0, 0.05) is 6.61 Å². The summed E-state index contributed by atoms with van der Waals surface area (Å²) in [5.41, 5.74) is 0. The van der Waals surface area contributed by atoms with Gasteiger partial charge in [-0.05, 0) is 36.5 Å². The number of hydrogen-bond acceptors (Lipinski definition) is 1. The molecule has 23 heavy (non-hydrogen) atoms. The number of aliphatic hydroxyl groups excluding tert-OH is 1. The molecule has 0 amide bonds. The maximum Gasteiger partial charge on any atom is 0.0431 e. The number of rotatable bonds is 10. The van der Waals surface area contributed by atoms with E-state index < -0.39 is 0 Å². The first kappa shape index (κ1) is 19.3. The Bertz CT molecular complexity index is 272. The molecule has 0 atom stereocenters. The maximum atomic E-state index is 8.96. The number of hydrogen-bond donors (Lipinski definition) is 1. The molecule has 1 nitrogen and oxygen atoms in total. The third-order valence-electron chi connectivity index (χ3n) is 6.90. The van der Waals surface area contributed by atoms with Crippen LogP contribution in [0.1, 0.15) is 110 Å². The van der Waals surface area contributed by atoms with Crippen LogP contribution in [0.5, 0.6) is 0 Å². The van der Waals surface area contributed by atoms with Gasteiger partial charge < -0.3 is 5.11 Å². The Labute approximate surface area is 145 Å². The van der Waals surface area contributed by atoms with Crippen LogP contribution in [0.4, 0.5) is 0 Å². The van der Waals surface area contributed by atoms with Gasteiger partial charge in [-0.2, -0.15) is 0 Å². The minimum atomic E-state index is 0.390. The summed E-state index contributed by atoms with van der Waals surface area (Å²) in [5, 5.41) is 8.96. The quantitative estimate of drug-likeness (QED) is 0.442. The third-order valence-corrected chi connectivity index (χ3v) is 6.90. The summed E-state index contributed by atoms with van der Waals surface area (Å²) in [5.74, 6) is 4.09. The monoisotopic (exact) mass is 322 g/mol. The molecular formula is C22H42O. The fraction of sp³-hybridized carbons (Fsp3) is 1.00. The van der Waals surface area contributed by atoms with E-state index in [4.69, 9.17) is 5.11 Å². The highest BCUT2D eigenvalue weighted by Crippen LogP contribution is 2.38. The van der Waals surface area contributed by atoms with Crippen LogP contribution >= 0.6 is 0 Å². The van der Waals surface area contributed by atoms with E-state index in [1.807, 2.05) is 0 Å². The molecule has 1 N–H and O–H groups in total. The minimum Gasteiger partial charge on any atom is -0.396 e. The second-order valence-electron chi connectivity index (χ2n) is 8.71. The minimum absolute atomic E-state index is 0.390. The Kier molecular flexibility index (Phi) is 9.65.